The van der Waals surface area contributed by atoms with Crippen LogP contribution in [0, 0.1) is 11.8 Å². The number of amides is 1. The molecule has 0 spiro atoms. The number of nitrogens with zero attached hydrogens (tertiary/aromatic N) is 1. The second-order valence-electron chi connectivity index (χ2n) is 7.04. The molecule has 2 aromatic carbocycles. The lowest BCUT2D eigenvalue weighted by atomic mass is 9.98. The topological polar surface area (TPSA) is 71.5 Å². The van der Waals surface area contributed by atoms with Crippen LogP contribution in [0.3, 0.4) is 0 Å². The molecule has 5 heteroatoms. The number of alkyl carbamates (subject to hydrolysis) is 1. The van der Waals surface area contributed by atoms with Crippen molar-refractivity contribution in [3.05, 3.63) is 89.2 Å². The molecule has 0 aliphatic heterocycles. The van der Waals surface area contributed by atoms with Crippen molar-refractivity contribution in [1.29, 1.82) is 0 Å². The molecule has 2 N–H and O–H groups in total. The Labute approximate surface area is 175 Å². The molecule has 1 aliphatic carbocycles. The van der Waals surface area contributed by atoms with Gasteiger partial charge in [-0.1, -0.05) is 60.4 Å². The number of benzene rings is 2. The number of ether oxygens (including phenoxy) is 1. The summed E-state index contributed by atoms with van der Waals surface area (Å²) in [5, 5.41) is 11.9. The predicted octanol–water partition coefficient (Wildman–Crippen LogP) is 3.85. The van der Waals surface area contributed by atoms with Gasteiger partial charge in [-0.2, -0.15) is 0 Å². The van der Waals surface area contributed by atoms with Crippen LogP contribution in [-0.4, -0.2) is 29.3 Å². The first-order valence-electron chi connectivity index (χ1n) is 9.89. The number of aliphatic hydroxyl groups excluding tert-OH is 1. The van der Waals surface area contributed by atoms with Crippen LogP contribution < -0.4 is 5.32 Å². The van der Waals surface area contributed by atoms with Gasteiger partial charge in [0.1, 0.15) is 6.61 Å². The summed E-state index contributed by atoms with van der Waals surface area (Å²) in [6.07, 6.45) is 3.30. The molecular formula is C25H22N2O3. The highest BCUT2D eigenvalue weighted by Gasteiger charge is 2.28. The number of nitrogens with one attached hydrogen (secondary N) is 1. The van der Waals surface area contributed by atoms with Crippen LogP contribution in [0.25, 0.3) is 11.1 Å². The molecule has 0 atom stereocenters. The van der Waals surface area contributed by atoms with Crippen molar-refractivity contribution in [3.8, 4) is 23.0 Å². The van der Waals surface area contributed by atoms with Gasteiger partial charge in [0.15, 0.2) is 0 Å². The Morgan fingerprint density at radius 2 is 1.77 bits per heavy atom. The van der Waals surface area contributed by atoms with Crippen molar-refractivity contribution in [2.45, 2.75) is 18.9 Å². The molecule has 30 heavy (non-hydrogen) atoms. The summed E-state index contributed by atoms with van der Waals surface area (Å²) in [5.41, 5.74) is 6.25. The van der Waals surface area contributed by atoms with Gasteiger partial charge in [0.25, 0.3) is 0 Å². The Morgan fingerprint density at radius 3 is 2.47 bits per heavy atom. The van der Waals surface area contributed by atoms with Crippen LogP contribution in [0.4, 0.5) is 4.79 Å². The number of fused-ring (bicyclic) bond motifs is 3. The van der Waals surface area contributed by atoms with Crippen molar-refractivity contribution < 1.29 is 14.6 Å². The van der Waals surface area contributed by atoms with E-state index in [1.165, 1.54) is 22.3 Å². The van der Waals surface area contributed by atoms with E-state index in [9.17, 15) is 4.79 Å². The maximum Gasteiger partial charge on any atom is 0.407 e. The largest absolute Gasteiger partial charge is 0.449 e. The molecule has 0 bridgehead atoms. The summed E-state index contributed by atoms with van der Waals surface area (Å²) in [4.78, 5) is 16.1. The molecule has 150 valence electrons. The maximum atomic E-state index is 12.1. The first kappa shape index (κ1) is 19.7. The van der Waals surface area contributed by atoms with Crippen LogP contribution in [0.5, 0.6) is 0 Å². The van der Waals surface area contributed by atoms with Crippen LogP contribution in [-0.2, 0) is 11.3 Å². The Balaban J connectivity index is 1.28. The minimum absolute atomic E-state index is 0.0502. The van der Waals surface area contributed by atoms with Crippen molar-refractivity contribution >= 4 is 6.09 Å². The average molecular weight is 398 g/mol. The van der Waals surface area contributed by atoms with Crippen LogP contribution in [0.15, 0.2) is 67.0 Å². The van der Waals surface area contributed by atoms with E-state index in [1.54, 1.807) is 18.5 Å². The fourth-order valence-corrected chi connectivity index (χ4v) is 3.68. The van der Waals surface area contributed by atoms with Gasteiger partial charge in [-0.05, 0) is 33.9 Å². The van der Waals surface area contributed by atoms with Crippen molar-refractivity contribution in [1.82, 2.24) is 10.3 Å². The minimum Gasteiger partial charge on any atom is -0.449 e. The summed E-state index contributed by atoms with van der Waals surface area (Å²) in [6, 6.07) is 18.3. The summed E-state index contributed by atoms with van der Waals surface area (Å²) in [7, 11) is 0. The van der Waals surface area contributed by atoms with Gasteiger partial charge in [0.05, 0.1) is 6.61 Å². The number of aliphatic hydroxyl groups is 1. The van der Waals surface area contributed by atoms with Crippen LogP contribution in [0.2, 0.25) is 0 Å². The lowest BCUT2D eigenvalue weighted by molar-refractivity contribution is 0.143. The Kier molecular flexibility index (Phi) is 6.07. The van der Waals surface area contributed by atoms with E-state index in [0.717, 1.165) is 11.1 Å². The van der Waals surface area contributed by atoms with Gasteiger partial charge in [-0.15, -0.1) is 0 Å². The molecule has 4 rings (SSSR count). The third-order valence-electron chi connectivity index (χ3n) is 5.07. The quantitative estimate of drug-likeness (QED) is 0.506. The smallest absolute Gasteiger partial charge is 0.407 e. The SMILES string of the molecule is O=C(NCCC#Cc1cncc(CO)c1)OCC1c2ccccc2-c2ccccc21. The normalized spacial score (nSPS) is 11.8. The molecule has 3 aromatic rings. The number of carbonyl (C=O) groups is 1. The highest BCUT2D eigenvalue weighted by atomic mass is 16.5. The first-order chi connectivity index (χ1) is 14.8. The molecule has 0 unspecified atom stereocenters. The van der Waals surface area contributed by atoms with E-state index < -0.39 is 6.09 Å². The lowest BCUT2D eigenvalue weighted by Crippen LogP contribution is -2.26. The second-order valence-corrected chi connectivity index (χ2v) is 7.04. The summed E-state index contributed by atoms with van der Waals surface area (Å²) >= 11 is 0. The zero-order valence-electron chi connectivity index (χ0n) is 16.5. The molecule has 0 fully saturated rings. The predicted molar refractivity (Wildman–Crippen MR) is 115 cm³/mol. The number of rotatable bonds is 5. The fourth-order valence-electron chi connectivity index (χ4n) is 3.68. The van der Waals surface area contributed by atoms with Gasteiger partial charge in [0.2, 0.25) is 0 Å². The van der Waals surface area contributed by atoms with E-state index in [0.29, 0.717) is 19.6 Å². The van der Waals surface area contributed by atoms with Crippen molar-refractivity contribution in [3.63, 3.8) is 0 Å². The fraction of sp³-hybridized carbons (Fsp3) is 0.200. The van der Waals surface area contributed by atoms with Crippen LogP contribution in [0.1, 0.15) is 34.6 Å². The van der Waals surface area contributed by atoms with Crippen molar-refractivity contribution in [2.24, 2.45) is 0 Å². The second kappa shape index (κ2) is 9.25. The molecule has 0 saturated heterocycles. The number of pyridine rings is 1. The van der Waals surface area contributed by atoms with E-state index in [1.807, 2.05) is 24.3 Å². The van der Waals surface area contributed by atoms with Gasteiger partial charge >= 0.3 is 6.09 Å². The monoisotopic (exact) mass is 398 g/mol. The van der Waals surface area contributed by atoms with Gasteiger partial charge in [-0.3, -0.25) is 4.98 Å². The van der Waals surface area contributed by atoms with Crippen LogP contribution >= 0.6 is 0 Å². The van der Waals surface area contributed by atoms with Gasteiger partial charge in [0, 0.05) is 36.8 Å². The third-order valence-corrected chi connectivity index (χ3v) is 5.07. The number of aromatic nitrogens is 1. The van der Waals surface area contributed by atoms with Gasteiger partial charge in [-0.25, -0.2) is 4.79 Å². The van der Waals surface area contributed by atoms with Gasteiger partial charge < -0.3 is 15.2 Å². The molecular weight excluding hydrogens is 376 g/mol. The number of hydrogen-bond acceptors (Lipinski definition) is 4. The Hall–Kier alpha value is -3.62. The minimum atomic E-state index is -0.442. The highest BCUT2D eigenvalue weighted by molar-refractivity contribution is 5.79. The first-order valence-corrected chi connectivity index (χ1v) is 9.89. The summed E-state index contributed by atoms with van der Waals surface area (Å²) < 4.78 is 5.50. The molecule has 5 nitrogen and oxygen atoms in total. The average Bonchev–Trinajstić information content (AvgIpc) is 3.11. The van der Waals surface area contributed by atoms with Crippen molar-refractivity contribution in [2.75, 3.05) is 13.2 Å². The summed E-state index contributed by atoms with van der Waals surface area (Å²) in [5.74, 6) is 6.02. The zero-order chi connectivity index (χ0) is 20.8. The lowest BCUT2D eigenvalue weighted by Gasteiger charge is -2.14. The number of hydrogen-bond donors (Lipinski definition) is 2. The van der Waals surface area contributed by atoms with E-state index >= 15 is 0 Å². The highest BCUT2D eigenvalue weighted by Crippen LogP contribution is 2.44. The molecule has 1 aromatic heterocycles. The molecule has 1 amide bonds. The van der Waals surface area contributed by atoms with E-state index in [-0.39, 0.29) is 12.5 Å². The van der Waals surface area contributed by atoms with E-state index in [2.05, 4.69) is 46.4 Å². The Morgan fingerprint density at radius 1 is 1.07 bits per heavy atom. The molecule has 1 aliphatic rings. The maximum absolute atomic E-state index is 12.1. The standard InChI is InChI=1S/C25H22N2O3/c28-16-19-13-18(14-26-15-19)7-5-6-12-27-25(29)30-17-24-22-10-3-1-8-20(22)21-9-2-4-11-23(21)24/h1-4,8-11,13-15,24,28H,6,12,16-17H2,(H,27,29). The Bertz CT molecular complexity index is 1070. The number of carbonyl (C=O) groups excluding carboxylic acids is 1. The molecule has 1 heterocycles. The third kappa shape index (κ3) is 4.35. The zero-order valence-corrected chi connectivity index (χ0v) is 16.5. The summed E-state index contributed by atoms with van der Waals surface area (Å²) in [6.45, 7) is 0.633. The molecule has 0 radical (unpaired) electrons. The van der Waals surface area contributed by atoms with E-state index in [4.69, 9.17) is 9.84 Å². The molecule has 0 saturated carbocycles.